The lowest BCUT2D eigenvalue weighted by atomic mass is 9.97. The lowest BCUT2D eigenvalue weighted by molar-refractivity contribution is 0.329. The molecular formula is C17H25N3O2S2. The minimum atomic E-state index is -3.08. The molecule has 0 atom stereocenters. The third kappa shape index (κ3) is 3.90. The predicted octanol–water partition coefficient (Wildman–Crippen LogP) is 2.97. The molecule has 0 spiro atoms. The van der Waals surface area contributed by atoms with E-state index in [1.54, 1.807) is 18.4 Å². The van der Waals surface area contributed by atoms with Crippen LogP contribution in [0.15, 0.2) is 18.2 Å². The number of hydrogen-bond donors (Lipinski definition) is 0. The molecule has 1 aliphatic rings. The minimum Gasteiger partial charge on any atom is -0.348 e. The van der Waals surface area contributed by atoms with Gasteiger partial charge in [0.15, 0.2) is 5.13 Å². The summed E-state index contributed by atoms with van der Waals surface area (Å²) in [5, 5.41) is 1.09. The minimum absolute atomic E-state index is 0.432. The number of aromatic nitrogens is 1. The van der Waals surface area contributed by atoms with Crippen LogP contribution in [-0.2, 0) is 16.4 Å². The molecule has 0 N–H and O–H groups in total. The maximum absolute atomic E-state index is 11.5. The average molecular weight is 368 g/mol. The molecule has 0 unspecified atom stereocenters. The van der Waals surface area contributed by atoms with Gasteiger partial charge in [0.2, 0.25) is 10.0 Å². The van der Waals surface area contributed by atoms with Crippen molar-refractivity contribution >= 4 is 36.7 Å². The fraction of sp³-hybridized carbons (Fsp3) is 0.588. The number of aryl methyl sites for hydroxylation is 1. The van der Waals surface area contributed by atoms with Gasteiger partial charge in [0, 0.05) is 26.7 Å². The number of hydrogen-bond acceptors (Lipinski definition) is 5. The highest BCUT2D eigenvalue weighted by Crippen LogP contribution is 2.32. The quantitative estimate of drug-likeness (QED) is 0.815. The van der Waals surface area contributed by atoms with E-state index in [0.29, 0.717) is 12.5 Å². The molecule has 2 aromatic rings. The van der Waals surface area contributed by atoms with E-state index in [4.69, 9.17) is 4.98 Å². The third-order valence-electron chi connectivity index (χ3n) is 4.82. The van der Waals surface area contributed by atoms with Gasteiger partial charge in [-0.3, -0.25) is 0 Å². The van der Waals surface area contributed by atoms with Crippen LogP contribution in [0.25, 0.3) is 10.2 Å². The first-order valence-electron chi connectivity index (χ1n) is 8.42. The molecular weight excluding hydrogens is 342 g/mol. The van der Waals surface area contributed by atoms with E-state index in [0.717, 1.165) is 43.0 Å². The summed E-state index contributed by atoms with van der Waals surface area (Å²) in [6.07, 6.45) is 4.34. The summed E-state index contributed by atoms with van der Waals surface area (Å²) in [5.74, 6) is 0.432. The van der Waals surface area contributed by atoms with Crippen molar-refractivity contribution in [1.29, 1.82) is 0 Å². The maximum atomic E-state index is 11.5. The number of piperidine rings is 1. The van der Waals surface area contributed by atoms with Crippen molar-refractivity contribution in [3.8, 4) is 0 Å². The Labute approximate surface area is 148 Å². The number of fused-ring (bicyclic) bond motifs is 1. The molecule has 0 bridgehead atoms. The SMILES string of the molecule is CCc1ccc2nc(N3CCC(CN(C)S(C)(=O)=O)CC3)sc2c1. The van der Waals surface area contributed by atoms with E-state index in [2.05, 4.69) is 30.0 Å². The van der Waals surface area contributed by atoms with Gasteiger partial charge in [0.1, 0.15) is 0 Å². The van der Waals surface area contributed by atoms with Crippen LogP contribution >= 0.6 is 11.3 Å². The summed E-state index contributed by atoms with van der Waals surface area (Å²) >= 11 is 1.76. The number of thiazole rings is 1. The summed E-state index contributed by atoms with van der Waals surface area (Å²) in [4.78, 5) is 7.12. The number of sulfonamides is 1. The molecule has 0 aliphatic carbocycles. The van der Waals surface area contributed by atoms with Crippen LogP contribution in [0.4, 0.5) is 5.13 Å². The predicted molar refractivity (Wildman–Crippen MR) is 101 cm³/mol. The topological polar surface area (TPSA) is 53.5 Å². The van der Waals surface area contributed by atoms with Crippen molar-refractivity contribution < 1.29 is 8.42 Å². The lowest BCUT2D eigenvalue weighted by Gasteiger charge is -2.33. The Morgan fingerprint density at radius 3 is 2.67 bits per heavy atom. The van der Waals surface area contributed by atoms with Crippen LogP contribution in [0.2, 0.25) is 0 Å². The van der Waals surface area contributed by atoms with Gasteiger partial charge in [-0.05, 0) is 42.9 Å². The zero-order valence-electron chi connectivity index (χ0n) is 14.5. The summed E-state index contributed by atoms with van der Waals surface area (Å²) < 4.78 is 25.8. The molecule has 0 radical (unpaired) electrons. The normalized spacial score (nSPS) is 17.1. The molecule has 2 heterocycles. The fourth-order valence-electron chi connectivity index (χ4n) is 3.12. The van der Waals surface area contributed by atoms with E-state index >= 15 is 0 Å². The van der Waals surface area contributed by atoms with Crippen molar-refractivity contribution in [1.82, 2.24) is 9.29 Å². The van der Waals surface area contributed by atoms with Gasteiger partial charge < -0.3 is 4.90 Å². The highest BCUT2D eigenvalue weighted by atomic mass is 32.2. The Morgan fingerprint density at radius 2 is 2.04 bits per heavy atom. The molecule has 1 aromatic carbocycles. The van der Waals surface area contributed by atoms with Crippen molar-refractivity contribution in [2.45, 2.75) is 26.2 Å². The fourth-order valence-corrected chi connectivity index (χ4v) is 4.68. The highest BCUT2D eigenvalue weighted by Gasteiger charge is 2.24. The second-order valence-electron chi connectivity index (χ2n) is 6.63. The third-order valence-corrected chi connectivity index (χ3v) is 7.18. The molecule has 7 heteroatoms. The Morgan fingerprint density at radius 1 is 1.33 bits per heavy atom. The number of anilines is 1. The van der Waals surface area contributed by atoms with Crippen molar-refractivity contribution in [3.05, 3.63) is 23.8 Å². The molecule has 0 saturated carbocycles. The van der Waals surface area contributed by atoms with Crippen molar-refractivity contribution in [2.75, 3.05) is 37.8 Å². The summed E-state index contributed by atoms with van der Waals surface area (Å²) in [7, 11) is -1.42. The molecule has 132 valence electrons. The van der Waals surface area contributed by atoms with E-state index in [9.17, 15) is 8.42 Å². The van der Waals surface area contributed by atoms with Crippen LogP contribution in [0, 0.1) is 5.92 Å². The van der Waals surface area contributed by atoms with Gasteiger partial charge in [-0.1, -0.05) is 24.3 Å². The molecule has 3 rings (SSSR count). The lowest BCUT2D eigenvalue weighted by Crippen LogP contribution is -2.39. The monoisotopic (exact) mass is 367 g/mol. The molecule has 1 saturated heterocycles. The molecule has 1 fully saturated rings. The Hall–Kier alpha value is -1.18. The first-order chi connectivity index (χ1) is 11.4. The van der Waals surface area contributed by atoms with Crippen LogP contribution in [0.3, 0.4) is 0 Å². The Bertz CT molecular complexity index is 808. The maximum Gasteiger partial charge on any atom is 0.210 e. The molecule has 5 nitrogen and oxygen atoms in total. The number of rotatable bonds is 5. The van der Waals surface area contributed by atoms with Gasteiger partial charge in [0.25, 0.3) is 0 Å². The van der Waals surface area contributed by atoms with Gasteiger partial charge in [-0.15, -0.1) is 0 Å². The van der Waals surface area contributed by atoms with Crippen LogP contribution in [0.1, 0.15) is 25.3 Å². The second kappa shape index (κ2) is 6.98. The summed E-state index contributed by atoms with van der Waals surface area (Å²) in [6, 6.07) is 6.51. The van der Waals surface area contributed by atoms with Crippen molar-refractivity contribution in [2.24, 2.45) is 5.92 Å². The number of benzene rings is 1. The standard InChI is InChI=1S/C17H25N3O2S2/c1-4-13-5-6-15-16(11-13)23-17(18-15)20-9-7-14(8-10-20)12-19(2)24(3,21)22/h5-6,11,14H,4,7-10,12H2,1-3H3. The number of nitrogens with zero attached hydrogens (tertiary/aromatic N) is 3. The Balaban J connectivity index is 1.64. The smallest absolute Gasteiger partial charge is 0.210 e. The van der Waals surface area contributed by atoms with E-state index in [-0.39, 0.29) is 0 Å². The zero-order valence-corrected chi connectivity index (χ0v) is 16.2. The summed E-state index contributed by atoms with van der Waals surface area (Å²) in [5.41, 5.74) is 2.42. The second-order valence-corrected chi connectivity index (χ2v) is 9.72. The van der Waals surface area contributed by atoms with E-state index < -0.39 is 10.0 Å². The largest absolute Gasteiger partial charge is 0.348 e. The van der Waals surface area contributed by atoms with Crippen LogP contribution in [0.5, 0.6) is 0 Å². The molecule has 0 amide bonds. The summed E-state index contributed by atoms with van der Waals surface area (Å²) in [6.45, 7) is 4.68. The average Bonchev–Trinajstić information content (AvgIpc) is 2.97. The van der Waals surface area contributed by atoms with Crippen molar-refractivity contribution in [3.63, 3.8) is 0 Å². The Kier molecular flexibility index (Phi) is 5.13. The molecule has 1 aromatic heterocycles. The zero-order chi connectivity index (χ0) is 17.3. The van der Waals surface area contributed by atoms with Gasteiger partial charge in [0.05, 0.1) is 16.5 Å². The molecule has 24 heavy (non-hydrogen) atoms. The van der Waals surface area contributed by atoms with Gasteiger partial charge in [-0.2, -0.15) is 0 Å². The first kappa shape index (κ1) is 17.6. The van der Waals surface area contributed by atoms with E-state index in [1.165, 1.54) is 20.8 Å². The highest BCUT2D eigenvalue weighted by molar-refractivity contribution is 7.88. The molecule has 1 aliphatic heterocycles. The van der Waals surface area contributed by atoms with Crippen LogP contribution in [-0.4, -0.2) is 50.6 Å². The van der Waals surface area contributed by atoms with Gasteiger partial charge in [-0.25, -0.2) is 17.7 Å². The van der Waals surface area contributed by atoms with E-state index in [1.807, 2.05) is 0 Å². The van der Waals surface area contributed by atoms with Crippen LogP contribution < -0.4 is 4.90 Å². The first-order valence-corrected chi connectivity index (χ1v) is 11.1. The van der Waals surface area contributed by atoms with Gasteiger partial charge >= 0.3 is 0 Å².